The topological polar surface area (TPSA) is 82.0 Å². The first-order valence-electron chi connectivity index (χ1n) is 8.87. The van der Waals surface area contributed by atoms with E-state index in [1.807, 2.05) is 36.4 Å². The van der Waals surface area contributed by atoms with Gasteiger partial charge in [0.1, 0.15) is 0 Å². The summed E-state index contributed by atoms with van der Waals surface area (Å²) < 4.78 is 0. The number of carbonyl (C=O) groups is 2. The second kappa shape index (κ2) is 9.24. The van der Waals surface area contributed by atoms with Gasteiger partial charge in [-0.3, -0.25) is 9.59 Å². The fourth-order valence-corrected chi connectivity index (χ4v) is 3.36. The Labute approximate surface area is 163 Å². The fraction of sp³-hybridized carbons (Fsp3) is 0.286. The maximum Gasteiger partial charge on any atom is 0.230 e. The quantitative estimate of drug-likeness (QED) is 0.736. The van der Waals surface area contributed by atoms with E-state index in [0.717, 1.165) is 35.4 Å². The van der Waals surface area contributed by atoms with Crippen LogP contribution in [0.2, 0.25) is 0 Å². The molecule has 2 aromatic rings. The van der Waals surface area contributed by atoms with Crippen molar-refractivity contribution in [2.45, 2.75) is 25.1 Å². The van der Waals surface area contributed by atoms with E-state index in [1.54, 1.807) is 12.1 Å². The van der Waals surface area contributed by atoms with Crippen molar-refractivity contribution in [3.63, 3.8) is 0 Å². The molecule has 2 N–H and O–H groups in total. The van der Waals surface area contributed by atoms with Gasteiger partial charge in [0.2, 0.25) is 11.8 Å². The number of nitrogens with zero attached hydrogens (tertiary/aromatic N) is 1. The predicted molar refractivity (Wildman–Crippen MR) is 107 cm³/mol. The summed E-state index contributed by atoms with van der Waals surface area (Å²) in [4.78, 5) is 23.8. The van der Waals surface area contributed by atoms with Crippen LogP contribution in [0.3, 0.4) is 0 Å². The largest absolute Gasteiger partial charge is 0.351 e. The molecule has 138 valence electrons. The number of nitriles is 1. The molecular formula is C21H21N3O2S. The Hall–Kier alpha value is -2.78. The molecule has 1 aliphatic carbocycles. The molecule has 6 heteroatoms. The Morgan fingerprint density at radius 1 is 1.11 bits per heavy atom. The van der Waals surface area contributed by atoms with Gasteiger partial charge in [-0.05, 0) is 48.2 Å². The van der Waals surface area contributed by atoms with Crippen molar-refractivity contribution < 1.29 is 9.59 Å². The molecule has 0 atom stereocenters. The van der Waals surface area contributed by atoms with Gasteiger partial charge in [0.15, 0.2) is 0 Å². The molecule has 0 saturated heterocycles. The Morgan fingerprint density at radius 3 is 2.59 bits per heavy atom. The van der Waals surface area contributed by atoms with Crippen molar-refractivity contribution in [2.24, 2.45) is 5.92 Å². The maximum absolute atomic E-state index is 12.0. The van der Waals surface area contributed by atoms with Crippen molar-refractivity contribution >= 4 is 29.3 Å². The fourth-order valence-electron chi connectivity index (χ4n) is 2.54. The smallest absolute Gasteiger partial charge is 0.230 e. The van der Waals surface area contributed by atoms with Crippen molar-refractivity contribution in [1.82, 2.24) is 5.32 Å². The number of anilines is 1. The molecule has 0 aliphatic heterocycles. The molecule has 1 aliphatic rings. The number of carbonyl (C=O) groups excluding carboxylic acids is 2. The third-order valence-corrected chi connectivity index (χ3v) is 5.22. The molecule has 0 bridgehead atoms. The molecule has 0 aromatic heterocycles. The molecule has 0 spiro atoms. The monoisotopic (exact) mass is 379 g/mol. The SMILES string of the molecule is N#Cc1ccc(CSCC(=O)NCc2cccc(NC(=O)C3CC3)c2)cc1. The number of amides is 2. The van der Waals surface area contributed by atoms with Crippen LogP contribution in [-0.4, -0.2) is 17.6 Å². The molecule has 1 saturated carbocycles. The van der Waals surface area contributed by atoms with Crippen molar-refractivity contribution in [2.75, 3.05) is 11.1 Å². The zero-order chi connectivity index (χ0) is 19.1. The van der Waals surface area contributed by atoms with Crippen LogP contribution in [0.4, 0.5) is 5.69 Å². The summed E-state index contributed by atoms with van der Waals surface area (Å²) in [6, 6.07) is 17.0. The number of hydrogen-bond donors (Lipinski definition) is 2. The second-order valence-corrected chi connectivity index (χ2v) is 7.53. The predicted octanol–water partition coefficient (Wildman–Crippen LogP) is 3.46. The molecule has 3 rings (SSSR count). The first kappa shape index (κ1) is 19.0. The second-order valence-electron chi connectivity index (χ2n) is 6.54. The summed E-state index contributed by atoms with van der Waals surface area (Å²) in [6.45, 7) is 0.434. The van der Waals surface area contributed by atoms with Gasteiger partial charge in [-0.2, -0.15) is 5.26 Å². The van der Waals surface area contributed by atoms with Gasteiger partial charge >= 0.3 is 0 Å². The Kier molecular flexibility index (Phi) is 6.50. The number of thioether (sulfide) groups is 1. The van der Waals surface area contributed by atoms with Gasteiger partial charge in [0.25, 0.3) is 0 Å². The number of benzene rings is 2. The molecule has 2 amide bonds. The normalized spacial score (nSPS) is 12.9. The Morgan fingerprint density at radius 2 is 1.89 bits per heavy atom. The van der Waals surface area contributed by atoms with Crippen LogP contribution < -0.4 is 10.6 Å². The van der Waals surface area contributed by atoms with Gasteiger partial charge in [0, 0.05) is 23.9 Å². The number of nitrogens with one attached hydrogen (secondary N) is 2. The van der Waals surface area contributed by atoms with Crippen molar-refractivity contribution in [3.8, 4) is 6.07 Å². The van der Waals surface area contributed by atoms with E-state index in [4.69, 9.17) is 5.26 Å². The Balaban J connectivity index is 1.39. The summed E-state index contributed by atoms with van der Waals surface area (Å²) in [5.41, 5.74) is 3.45. The average molecular weight is 379 g/mol. The number of rotatable bonds is 8. The van der Waals surface area contributed by atoms with Crippen LogP contribution >= 0.6 is 11.8 Å². The lowest BCUT2D eigenvalue weighted by molar-refractivity contribution is -0.119. The third kappa shape index (κ3) is 6.15. The molecular weight excluding hydrogens is 358 g/mol. The van der Waals surface area contributed by atoms with Crippen molar-refractivity contribution in [1.29, 1.82) is 5.26 Å². The highest BCUT2D eigenvalue weighted by Gasteiger charge is 2.29. The molecule has 5 nitrogen and oxygen atoms in total. The average Bonchev–Trinajstić information content (AvgIpc) is 3.53. The summed E-state index contributed by atoms with van der Waals surface area (Å²) in [6.07, 6.45) is 1.95. The van der Waals surface area contributed by atoms with E-state index < -0.39 is 0 Å². The van der Waals surface area contributed by atoms with Gasteiger partial charge in [-0.25, -0.2) is 0 Å². The van der Waals surface area contributed by atoms with E-state index in [1.165, 1.54) is 11.8 Å². The summed E-state index contributed by atoms with van der Waals surface area (Å²) in [5.74, 6) is 1.32. The van der Waals surface area contributed by atoms with Gasteiger partial charge in [0.05, 0.1) is 17.4 Å². The minimum Gasteiger partial charge on any atom is -0.351 e. The van der Waals surface area contributed by atoms with E-state index in [9.17, 15) is 9.59 Å². The highest BCUT2D eigenvalue weighted by Crippen LogP contribution is 2.30. The minimum absolute atomic E-state index is 0.0268. The summed E-state index contributed by atoms with van der Waals surface area (Å²) >= 11 is 1.53. The van der Waals surface area contributed by atoms with E-state index in [-0.39, 0.29) is 17.7 Å². The molecule has 0 heterocycles. The molecule has 27 heavy (non-hydrogen) atoms. The highest BCUT2D eigenvalue weighted by molar-refractivity contribution is 7.99. The first-order valence-corrected chi connectivity index (χ1v) is 10.0. The molecule has 0 unspecified atom stereocenters. The van der Waals surface area contributed by atoms with Crippen LogP contribution in [0.1, 0.15) is 29.5 Å². The van der Waals surface area contributed by atoms with Crippen LogP contribution in [0.15, 0.2) is 48.5 Å². The molecule has 2 aromatic carbocycles. The van der Waals surface area contributed by atoms with E-state index in [0.29, 0.717) is 17.9 Å². The van der Waals surface area contributed by atoms with Gasteiger partial charge in [-0.1, -0.05) is 24.3 Å². The molecule has 0 radical (unpaired) electrons. The minimum atomic E-state index is -0.0268. The third-order valence-electron chi connectivity index (χ3n) is 4.22. The summed E-state index contributed by atoms with van der Waals surface area (Å²) in [5, 5.41) is 14.6. The van der Waals surface area contributed by atoms with E-state index in [2.05, 4.69) is 16.7 Å². The van der Waals surface area contributed by atoms with Gasteiger partial charge in [-0.15, -0.1) is 11.8 Å². The van der Waals surface area contributed by atoms with Crippen molar-refractivity contribution in [3.05, 3.63) is 65.2 Å². The molecule has 1 fully saturated rings. The number of hydrogen-bond acceptors (Lipinski definition) is 4. The lowest BCUT2D eigenvalue weighted by Crippen LogP contribution is -2.24. The van der Waals surface area contributed by atoms with E-state index >= 15 is 0 Å². The maximum atomic E-state index is 12.0. The summed E-state index contributed by atoms with van der Waals surface area (Å²) in [7, 11) is 0. The zero-order valence-corrected chi connectivity index (χ0v) is 15.7. The van der Waals surface area contributed by atoms with Crippen LogP contribution in [0.25, 0.3) is 0 Å². The van der Waals surface area contributed by atoms with Crippen LogP contribution in [0, 0.1) is 17.2 Å². The van der Waals surface area contributed by atoms with Crippen LogP contribution in [-0.2, 0) is 21.9 Å². The first-order chi connectivity index (χ1) is 13.1. The standard InChI is InChI=1S/C21H21N3O2S/c22-11-15-4-6-16(7-5-15)13-27-14-20(25)23-12-17-2-1-3-19(10-17)24-21(26)18-8-9-18/h1-7,10,18H,8-9,12-14H2,(H,23,25)(H,24,26). The highest BCUT2D eigenvalue weighted by atomic mass is 32.2. The lowest BCUT2D eigenvalue weighted by atomic mass is 10.2. The lowest BCUT2D eigenvalue weighted by Gasteiger charge is -2.08. The Bertz CT molecular complexity index is 854. The zero-order valence-electron chi connectivity index (χ0n) is 14.9. The van der Waals surface area contributed by atoms with Crippen LogP contribution in [0.5, 0.6) is 0 Å². The van der Waals surface area contributed by atoms with Gasteiger partial charge < -0.3 is 10.6 Å².